The molecule has 6 rings (SSSR count). The normalized spacial score (nSPS) is 12.4. The van der Waals surface area contributed by atoms with E-state index in [9.17, 15) is 10.2 Å². The maximum Gasteiger partial charge on any atom is 0.182 e. The van der Waals surface area contributed by atoms with Crippen molar-refractivity contribution in [2.45, 2.75) is 52.4 Å². The van der Waals surface area contributed by atoms with E-state index in [4.69, 9.17) is 9.97 Å². The quantitative estimate of drug-likeness (QED) is 0.154. The molecule has 4 aromatic carbocycles. The van der Waals surface area contributed by atoms with Crippen LogP contribution < -0.4 is 0 Å². The zero-order valence-electron chi connectivity index (χ0n) is 26.0. The summed E-state index contributed by atoms with van der Waals surface area (Å²) in [5, 5.41) is 22.1. The molecule has 0 amide bonds. The maximum atomic E-state index is 11.1. The van der Waals surface area contributed by atoms with Crippen LogP contribution in [0.4, 0.5) is 0 Å². The molecule has 0 aliphatic heterocycles. The van der Waals surface area contributed by atoms with Gasteiger partial charge in [0.2, 0.25) is 0 Å². The van der Waals surface area contributed by atoms with Crippen molar-refractivity contribution in [2.75, 3.05) is 0 Å². The van der Waals surface area contributed by atoms with Crippen LogP contribution in [0.25, 0.3) is 45.5 Å². The summed E-state index contributed by atoms with van der Waals surface area (Å²) < 4.78 is 4.03. The number of hydrogen-bond acceptors (Lipinski definition) is 4. The predicted octanol–water partition coefficient (Wildman–Crippen LogP) is 9.49. The summed E-state index contributed by atoms with van der Waals surface area (Å²) in [5.74, 6) is 2.31. The minimum atomic E-state index is 0. The van der Waals surface area contributed by atoms with Crippen LogP contribution in [-0.2, 0) is 21.1 Å². The molecule has 2 heterocycles. The predicted molar refractivity (Wildman–Crippen MR) is 178 cm³/mol. The third kappa shape index (κ3) is 6.39. The van der Waals surface area contributed by atoms with Crippen LogP contribution in [0.15, 0.2) is 109 Å². The Morgan fingerprint density at radius 2 is 1.04 bits per heavy atom. The van der Waals surface area contributed by atoms with Crippen LogP contribution in [0.2, 0.25) is 0 Å². The van der Waals surface area contributed by atoms with E-state index in [2.05, 4.69) is 33.8 Å². The topological polar surface area (TPSA) is 76.1 Å². The van der Waals surface area contributed by atoms with Gasteiger partial charge in [0.15, 0.2) is 11.6 Å². The summed E-state index contributed by atoms with van der Waals surface area (Å²) in [4.78, 5) is 10.2. The largest absolute Gasteiger partial charge is 0.507 e. The fourth-order valence-corrected chi connectivity index (χ4v) is 5.51. The van der Waals surface area contributed by atoms with Crippen molar-refractivity contribution in [3.8, 4) is 57.0 Å². The molecule has 0 aliphatic rings. The first-order valence-electron chi connectivity index (χ1n) is 15.3. The van der Waals surface area contributed by atoms with Crippen molar-refractivity contribution in [2.24, 2.45) is 0 Å². The Labute approximate surface area is 279 Å². The SMILES string of the molecule is CCC(C)c1ccc(-c2cn(-c3ccccc3)c(-c3nc(-c4cc(C(C)CC)ccc4O)cn3-c3ccccc3)n2)c(O)c1.[Pt]. The number of phenols is 2. The van der Waals surface area contributed by atoms with Gasteiger partial charge in [-0.1, -0.05) is 76.2 Å². The molecule has 0 saturated carbocycles. The van der Waals surface area contributed by atoms with Crippen molar-refractivity contribution < 1.29 is 31.3 Å². The molecule has 6 nitrogen and oxygen atoms in total. The Hall–Kier alpha value is -4.41. The van der Waals surface area contributed by atoms with Gasteiger partial charge in [0, 0.05) is 56.0 Å². The van der Waals surface area contributed by atoms with Crippen LogP contribution in [0.5, 0.6) is 11.5 Å². The molecule has 0 aliphatic carbocycles. The van der Waals surface area contributed by atoms with Crippen LogP contribution in [0.1, 0.15) is 63.5 Å². The number of nitrogens with zero attached hydrogens (tertiary/aromatic N) is 4. The molecule has 2 atom stereocenters. The Kier molecular flexibility index (Phi) is 9.74. The Morgan fingerprint density at radius 3 is 1.53 bits per heavy atom. The van der Waals surface area contributed by atoms with Gasteiger partial charge in [-0.25, -0.2) is 9.97 Å². The fraction of sp³-hybridized carbons (Fsp3) is 0.211. The summed E-state index contributed by atoms with van der Waals surface area (Å²) in [5.41, 5.74) is 6.71. The zero-order chi connectivity index (χ0) is 30.8. The zero-order valence-corrected chi connectivity index (χ0v) is 28.2. The van der Waals surface area contributed by atoms with E-state index in [0.717, 1.165) is 35.3 Å². The van der Waals surface area contributed by atoms with Gasteiger partial charge in [-0.15, -0.1) is 0 Å². The molecule has 0 bridgehead atoms. The standard InChI is InChI=1S/C38H38N4O2.Pt/c1-5-25(3)27-18-20-35(43)32(21-27)34-24-42(30-15-11-8-12-16-30)38(40-34)37-39-33(23-41(37)29-13-9-7-10-14-29)31-19-17-28(22-36(31)44)26(4)6-2;/h7-26,43-44H,5-6H2,1-4H3;. The second kappa shape index (κ2) is 13.7. The molecule has 232 valence electrons. The second-order valence-corrected chi connectivity index (χ2v) is 11.5. The molecule has 0 radical (unpaired) electrons. The number of phenolic OH excluding ortho intramolecular Hbond substituents is 2. The molecule has 7 heteroatoms. The van der Waals surface area contributed by atoms with E-state index in [1.54, 1.807) is 6.07 Å². The van der Waals surface area contributed by atoms with E-state index in [1.807, 2.05) is 106 Å². The monoisotopic (exact) mass is 777 g/mol. The van der Waals surface area contributed by atoms with Gasteiger partial charge in [-0.2, -0.15) is 0 Å². The molecule has 45 heavy (non-hydrogen) atoms. The van der Waals surface area contributed by atoms with E-state index in [1.165, 1.54) is 0 Å². The van der Waals surface area contributed by atoms with E-state index >= 15 is 0 Å². The first kappa shape index (κ1) is 32.0. The number of rotatable bonds is 9. The summed E-state index contributed by atoms with van der Waals surface area (Å²) in [7, 11) is 0. The van der Waals surface area contributed by atoms with Gasteiger partial charge in [0.05, 0.1) is 11.4 Å². The minimum absolute atomic E-state index is 0. The molecule has 0 saturated heterocycles. The summed E-state index contributed by atoms with van der Waals surface area (Å²) in [6.07, 6.45) is 5.90. The van der Waals surface area contributed by atoms with Crippen molar-refractivity contribution in [3.63, 3.8) is 0 Å². The number of benzene rings is 4. The van der Waals surface area contributed by atoms with Crippen LogP contribution in [0, 0.1) is 0 Å². The molecule has 2 unspecified atom stereocenters. The number of aromatic nitrogens is 4. The minimum Gasteiger partial charge on any atom is -0.507 e. The van der Waals surface area contributed by atoms with Crippen molar-refractivity contribution in [1.82, 2.24) is 19.1 Å². The third-order valence-corrected chi connectivity index (χ3v) is 8.64. The Morgan fingerprint density at radius 1 is 0.578 bits per heavy atom. The average molecular weight is 778 g/mol. The molecule has 0 fully saturated rings. The fourth-order valence-electron chi connectivity index (χ4n) is 5.51. The molecular formula is C38H38N4O2Pt. The van der Waals surface area contributed by atoms with E-state index in [0.29, 0.717) is 46.0 Å². The van der Waals surface area contributed by atoms with Crippen LogP contribution in [-0.4, -0.2) is 29.3 Å². The second-order valence-electron chi connectivity index (χ2n) is 11.5. The number of hydrogen-bond donors (Lipinski definition) is 2. The third-order valence-electron chi connectivity index (χ3n) is 8.64. The summed E-state index contributed by atoms with van der Waals surface area (Å²) in [6.45, 7) is 8.66. The maximum absolute atomic E-state index is 11.1. The molecular weight excluding hydrogens is 740 g/mol. The van der Waals surface area contributed by atoms with Gasteiger partial charge in [0.25, 0.3) is 0 Å². The number of aromatic hydroxyl groups is 2. The molecule has 2 N–H and O–H groups in total. The van der Waals surface area contributed by atoms with Crippen molar-refractivity contribution in [1.29, 1.82) is 0 Å². The summed E-state index contributed by atoms with van der Waals surface area (Å²) >= 11 is 0. The first-order valence-corrected chi connectivity index (χ1v) is 15.3. The molecule has 2 aromatic heterocycles. The van der Waals surface area contributed by atoms with Crippen molar-refractivity contribution in [3.05, 3.63) is 121 Å². The van der Waals surface area contributed by atoms with E-state index < -0.39 is 0 Å². The molecule has 6 aromatic rings. The summed E-state index contributed by atoms with van der Waals surface area (Å²) in [6, 6.07) is 31.7. The van der Waals surface area contributed by atoms with Gasteiger partial charge in [-0.05, 0) is 84.3 Å². The smallest absolute Gasteiger partial charge is 0.182 e. The van der Waals surface area contributed by atoms with Crippen molar-refractivity contribution >= 4 is 0 Å². The van der Waals surface area contributed by atoms with Crippen LogP contribution in [0.3, 0.4) is 0 Å². The van der Waals surface area contributed by atoms with Gasteiger partial charge in [-0.3, -0.25) is 9.13 Å². The van der Waals surface area contributed by atoms with Gasteiger partial charge in [0.1, 0.15) is 11.5 Å². The van der Waals surface area contributed by atoms with Gasteiger partial charge < -0.3 is 10.2 Å². The average Bonchev–Trinajstić information content (AvgIpc) is 3.70. The van der Waals surface area contributed by atoms with Crippen LogP contribution >= 0.6 is 0 Å². The van der Waals surface area contributed by atoms with Gasteiger partial charge >= 0.3 is 0 Å². The number of imidazole rings is 2. The number of para-hydroxylation sites is 2. The Bertz CT molecular complexity index is 1900. The Balaban J connectivity index is 0.00000400. The van der Waals surface area contributed by atoms with E-state index in [-0.39, 0.29) is 32.6 Å². The first-order chi connectivity index (χ1) is 21.4. The molecule has 0 spiro atoms.